The molecular weight excluding hydrogens is 392 g/mol. The number of alkyl halides is 1. The second-order valence-electron chi connectivity index (χ2n) is 5.43. The zero-order valence-electron chi connectivity index (χ0n) is 11.9. The molecule has 0 N–H and O–H groups in total. The summed E-state index contributed by atoms with van der Waals surface area (Å²) in [6.07, 6.45) is 1.23. The fourth-order valence-electron chi connectivity index (χ4n) is 2.87. The van der Waals surface area contributed by atoms with Gasteiger partial charge in [-0.15, -0.1) is 0 Å². The highest BCUT2D eigenvalue weighted by molar-refractivity contribution is 9.10. The van der Waals surface area contributed by atoms with E-state index in [1.54, 1.807) is 0 Å². The molecule has 0 aliphatic heterocycles. The first-order valence-electron chi connectivity index (χ1n) is 7.32. The molecule has 0 aromatic heterocycles. The lowest BCUT2D eigenvalue weighted by Crippen LogP contribution is -2.01. The van der Waals surface area contributed by atoms with Crippen LogP contribution in [0.3, 0.4) is 0 Å². The van der Waals surface area contributed by atoms with Crippen LogP contribution in [0.2, 0.25) is 0 Å². The zero-order valence-corrected chi connectivity index (χ0v) is 15.1. The molecule has 0 radical (unpaired) electrons. The monoisotopic (exact) mass is 408 g/mol. The summed E-state index contributed by atoms with van der Waals surface area (Å²) in [6.45, 7) is 2.72. The summed E-state index contributed by atoms with van der Waals surface area (Å²) in [7, 11) is 0. The molecule has 3 unspecified atom stereocenters. The first-order valence-corrected chi connectivity index (χ1v) is 9.03. The Morgan fingerprint density at radius 2 is 1.95 bits per heavy atom. The summed E-state index contributed by atoms with van der Waals surface area (Å²) >= 11 is 7.47. The van der Waals surface area contributed by atoms with Crippen LogP contribution in [-0.2, 0) is 0 Å². The largest absolute Gasteiger partial charge is 0.494 e. The molecule has 0 amide bonds. The second-order valence-corrected chi connectivity index (χ2v) is 7.34. The van der Waals surface area contributed by atoms with E-state index in [0.29, 0.717) is 23.3 Å². The minimum absolute atomic E-state index is 0.335. The van der Waals surface area contributed by atoms with Gasteiger partial charge >= 0.3 is 0 Å². The van der Waals surface area contributed by atoms with Crippen molar-refractivity contribution in [2.45, 2.75) is 24.1 Å². The van der Waals surface area contributed by atoms with E-state index < -0.39 is 0 Å². The van der Waals surface area contributed by atoms with Gasteiger partial charge in [-0.05, 0) is 48.9 Å². The lowest BCUT2D eigenvalue weighted by Gasteiger charge is -2.16. The molecular formula is C18H18Br2O. The third-order valence-electron chi connectivity index (χ3n) is 4.01. The van der Waals surface area contributed by atoms with Gasteiger partial charge in [0, 0.05) is 14.9 Å². The van der Waals surface area contributed by atoms with Gasteiger partial charge in [0.1, 0.15) is 5.75 Å². The number of ether oxygens (including phenoxy) is 1. The summed E-state index contributed by atoms with van der Waals surface area (Å²) in [5.74, 6) is 2.28. The predicted octanol–water partition coefficient (Wildman–Crippen LogP) is 6.09. The Morgan fingerprint density at radius 1 is 1.19 bits per heavy atom. The van der Waals surface area contributed by atoms with Gasteiger partial charge in [-0.3, -0.25) is 0 Å². The van der Waals surface area contributed by atoms with Crippen molar-refractivity contribution in [2.75, 3.05) is 6.61 Å². The van der Waals surface area contributed by atoms with Crippen LogP contribution in [0.5, 0.6) is 5.75 Å². The first kappa shape index (κ1) is 15.1. The number of hydrogen-bond donors (Lipinski definition) is 0. The van der Waals surface area contributed by atoms with E-state index in [-0.39, 0.29) is 0 Å². The summed E-state index contributed by atoms with van der Waals surface area (Å²) in [5, 5.41) is 0. The highest BCUT2D eigenvalue weighted by Crippen LogP contribution is 2.58. The minimum Gasteiger partial charge on any atom is -0.494 e. The fraction of sp³-hybridized carbons (Fsp3) is 0.333. The standard InChI is InChI=1S/C18H18Br2O/c1-2-21-17-9-8-13(19)10-16(17)18(20)15-11-14(15)12-6-4-3-5-7-12/h3-10,14-15,18H,2,11H2,1H3. The average Bonchev–Trinajstić information content (AvgIpc) is 3.30. The van der Waals surface area contributed by atoms with Gasteiger partial charge in [-0.2, -0.15) is 0 Å². The maximum atomic E-state index is 5.78. The van der Waals surface area contributed by atoms with Gasteiger partial charge in [0.25, 0.3) is 0 Å². The molecule has 1 aliphatic rings. The molecule has 3 heteroatoms. The SMILES string of the molecule is CCOc1ccc(Br)cc1C(Br)C1CC1c1ccccc1. The van der Waals surface area contributed by atoms with Crippen LogP contribution in [0.25, 0.3) is 0 Å². The normalized spacial score (nSPS) is 21.9. The molecule has 110 valence electrons. The van der Waals surface area contributed by atoms with Gasteiger partial charge < -0.3 is 4.74 Å². The lowest BCUT2D eigenvalue weighted by molar-refractivity contribution is 0.335. The van der Waals surface area contributed by atoms with Gasteiger partial charge in [0.2, 0.25) is 0 Å². The molecule has 1 aliphatic carbocycles. The molecule has 1 saturated carbocycles. The average molecular weight is 410 g/mol. The Kier molecular flexibility index (Phi) is 4.70. The Labute approximate surface area is 143 Å². The topological polar surface area (TPSA) is 9.23 Å². The van der Waals surface area contributed by atoms with E-state index in [2.05, 4.69) is 74.3 Å². The Bertz CT molecular complexity index is 612. The predicted molar refractivity (Wildman–Crippen MR) is 94.3 cm³/mol. The van der Waals surface area contributed by atoms with Crippen LogP contribution in [0.4, 0.5) is 0 Å². The summed E-state index contributed by atoms with van der Waals surface area (Å²) < 4.78 is 6.88. The molecule has 0 spiro atoms. The Balaban J connectivity index is 1.80. The van der Waals surface area contributed by atoms with Crippen molar-refractivity contribution in [3.8, 4) is 5.75 Å². The van der Waals surface area contributed by atoms with Gasteiger partial charge in [0.05, 0.1) is 6.61 Å². The molecule has 2 aromatic carbocycles. The van der Waals surface area contributed by atoms with Crippen LogP contribution in [0, 0.1) is 5.92 Å². The molecule has 1 nitrogen and oxygen atoms in total. The Morgan fingerprint density at radius 3 is 2.67 bits per heavy atom. The van der Waals surface area contributed by atoms with Crippen molar-refractivity contribution in [3.05, 3.63) is 64.1 Å². The van der Waals surface area contributed by atoms with E-state index in [0.717, 1.165) is 10.2 Å². The van der Waals surface area contributed by atoms with E-state index in [4.69, 9.17) is 4.74 Å². The molecule has 3 rings (SSSR count). The number of halogens is 2. The van der Waals surface area contributed by atoms with Crippen LogP contribution in [-0.4, -0.2) is 6.61 Å². The number of benzene rings is 2. The van der Waals surface area contributed by atoms with Crippen molar-refractivity contribution in [1.29, 1.82) is 0 Å². The Hall–Kier alpha value is -0.800. The highest BCUT2D eigenvalue weighted by Gasteiger charge is 2.44. The fourth-order valence-corrected chi connectivity index (χ4v) is 4.19. The maximum absolute atomic E-state index is 5.78. The third kappa shape index (κ3) is 3.35. The van der Waals surface area contributed by atoms with Crippen LogP contribution < -0.4 is 4.74 Å². The smallest absolute Gasteiger partial charge is 0.123 e. The van der Waals surface area contributed by atoms with Crippen molar-refractivity contribution >= 4 is 31.9 Å². The van der Waals surface area contributed by atoms with Crippen LogP contribution >= 0.6 is 31.9 Å². The van der Waals surface area contributed by atoms with Crippen molar-refractivity contribution in [2.24, 2.45) is 5.92 Å². The second kappa shape index (κ2) is 6.53. The zero-order chi connectivity index (χ0) is 14.8. The van der Waals surface area contributed by atoms with E-state index in [9.17, 15) is 0 Å². The molecule has 0 heterocycles. The van der Waals surface area contributed by atoms with Crippen LogP contribution in [0.15, 0.2) is 53.0 Å². The van der Waals surface area contributed by atoms with E-state index >= 15 is 0 Å². The van der Waals surface area contributed by atoms with Gasteiger partial charge in [-0.1, -0.05) is 62.2 Å². The van der Waals surface area contributed by atoms with Crippen molar-refractivity contribution in [1.82, 2.24) is 0 Å². The minimum atomic E-state index is 0.335. The van der Waals surface area contributed by atoms with Crippen LogP contribution in [0.1, 0.15) is 35.2 Å². The number of hydrogen-bond acceptors (Lipinski definition) is 1. The first-order chi connectivity index (χ1) is 10.2. The van der Waals surface area contributed by atoms with Crippen molar-refractivity contribution < 1.29 is 4.74 Å². The summed E-state index contributed by atoms with van der Waals surface area (Å²) in [4.78, 5) is 0.335. The van der Waals surface area contributed by atoms with Gasteiger partial charge in [0.15, 0.2) is 0 Å². The van der Waals surface area contributed by atoms with E-state index in [1.807, 2.05) is 13.0 Å². The van der Waals surface area contributed by atoms with Gasteiger partial charge in [-0.25, -0.2) is 0 Å². The molecule has 21 heavy (non-hydrogen) atoms. The van der Waals surface area contributed by atoms with Crippen molar-refractivity contribution in [3.63, 3.8) is 0 Å². The molecule has 3 atom stereocenters. The third-order valence-corrected chi connectivity index (χ3v) is 5.68. The highest BCUT2D eigenvalue weighted by atomic mass is 79.9. The summed E-state index contributed by atoms with van der Waals surface area (Å²) in [5.41, 5.74) is 2.69. The molecule has 1 fully saturated rings. The molecule has 0 bridgehead atoms. The quantitative estimate of drug-likeness (QED) is 0.543. The molecule has 2 aromatic rings. The lowest BCUT2D eigenvalue weighted by atomic mass is 10.0. The van der Waals surface area contributed by atoms with E-state index in [1.165, 1.54) is 17.5 Å². The molecule has 0 saturated heterocycles. The maximum Gasteiger partial charge on any atom is 0.123 e. The number of rotatable bonds is 5. The summed E-state index contributed by atoms with van der Waals surface area (Å²) in [6, 6.07) is 17.0.